The Hall–Kier alpha value is -4.11. The monoisotopic (exact) mass is 659 g/mol. The highest BCUT2D eigenvalue weighted by molar-refractivity contribution is 7.92. The number of amides is 1. The van der Waals surface area contributed by atoms with Crippen molar-refractivity contribution in [1.29, 1.82) is 0 Å². The Balaban J connectivity index is 1.06. The van der Waals surface area contributed by atoms with Crippen LogP contribution < -0.4 is 14.2 Å². The van der Waals surface area contributed by atoms with Crippen LogP contribution in [0.4, 0.5) is 0 Å². The third-order valence-electron chi connectivity index (χ3n) is 7.15. The van der Waals surface area contributed by atoms with Crippen LogP contribution in [0.2, 0.25) is 5.02 Å². The van der Waals surface area contributed by atoms with Gasteiger partial charge in [-0.05, 0) is 94.9 Å². The number of halogens is 1. The molecular formula is C36H34ClNO5S2. The highest BCUT2D eigenvalue weighted by Crippen LogP contribution is 2.27. The molecule has 1 amide bonds. The van der Waals surface area contributed by atoms with E-state index in [0.717, 1.165) is 63.8 Å². The van der Waals surface area contributed by atoms with Crippen LogP contribution in [-0.4, -0.2) is 27.5 Å². The van der Waals surface area contributed by atoms with E-state index in [1.165, 1.54) is 17.2 Å². The molecular weight excluding hydrogens is 626 g/mol. The van der Waals surface area contributed by atoms with Crippen molar-refractivity contribution in [1.82, 2.24) is 4.72 Å². The lowest BCUT2D eigenvalue weighted by Gasteiger charge is -2.12. The summed E-state index contributed by atoms with van der Waals surface area (Å²) >= 11 is 7.06. The summed E-state index contributed by atoms with van der Waals surface area (Å²) in [5, 5.41) is 2.41. The second-order valence-corrected chi connectivity index (χ2v) is 13.8. The van der Waals surface area contributed by atoms with Gasteiger partial charge in [0.1, 0.15) is 15.7 Å². The first-order valence-corrected chi connectivity index (χ1v) is 17.5. The van der Waals surface area contributed by atoms with Crippen LogP contribution in [0.3, 0.4) is 0 Å². The van der Waals surface area contributed by atoms with Crippen molar-refractivity contribution < 1.29 is 22.7 Å². The standard InChI is InChI=1S/C36H34ClNO5S2/c37-31-18-13-27(14-19-31)11-12-28-6-3-8-33(26-28)43-24-5-23-42-32-20-15-30(16-21-32)34-9-2-1-7-29(34)17-22-35(39)38-45(40,41)36-10-4-25-44-36/h1-4,6-10,13-16,18-21,25-26H,5,11-12,17,22-24H2,(H,38,39). The van der Waals surface area contributed by atoms with Gasteiger partial charge in [-0.1, -0.05) is 78.3 Å². The molecule has 0 unspecified atom stereocenters. The second-order valence-electron chi connectivity index (χ2n) is 10.5. The maximum atomic E-state index is 12.4. The third-order valence-corrected chi connectivity index (χ3v) is 10.2. The van der Waals surface area contributed by atoms with Gasteiger partial charge in [0.05, 0.1) is 13.2 Å². The molecule has 5 aromatic rings. The lowest BCUT2D eigenvalue weighted by atomic mass is 9.96. The van der Waals surface area contributed by atoms with Crippen molar-refractivity contribution in [3.05, 3.63) is 136 Å². The highest BCUT2D eigenvalue weighted by atomic mass is 35.5. The number of nitrogens with one attached hydrogen (secondary N) is 1. The maximum Gasteiger partial charge on any atom is 0.273 e. The van der Waals surface area contributed by atoms with Gasteiger partial charge in [-0.3, -0.25) is 4.79 Å². The molecule has 0 fully saturated rings. The number of ether oxygens (including phenoxy) is 2. The summed E-state index contributed by atoms with van der Waals surface area (Å²) in [6, 6.07) is 34.9. The van der Waals surface area contributed by atoms with Gasteiger partial charge < -0.3 is 9.47 Å². The Morgan fingerprint density at radius 3 is 2.22 bits per heavy atom. The predicted molar refractivity (Wildman–Crippen MR) is 181 cm³/mol. The zero-order valence-electron chi connectivity index (χ0n) is 24.7. The number of carbonyl (C=O) groups is 1. The fraction of sp³-hybridized carbons (Fsp3) is 0.194. The summed E-state index contributed by atoms with van der Waals surface area (Å²) in [6.45, 7) is 1.07. The number of aryl methyl sites for hydroxylation is 3. The third kappa shape index (κ3) is 9.69. The van der Waals surface area contributed by atoms with E-state index >= 15 is 0 Å². The molecule has 9 heteroatoms. The molecule has 0 radical (unpaired) electrons. The van der Waals surface area contributed by atoms with E-state index in [0.29, 0.717) is 19.6 Å². The van der Waals surface area contributed by atoms with Gasteiger partial charge in [-0.25, -0.2) is 13.1 Å². The number of rotatable bonds is 15. The average Bonchev–Trinajstić information content (AvgIpc) is 3.61. The molecule has 1 N–H and O–H groups in total. The van der Waals surface area contributed by atoms with Crippen LogP contribution in [0.1, 0.15) is 29.5 Å². The van der Waals surface area contributed by atoms with E-state index in [4.69, 9.17) is 21.1 Å². The van der Waals surface area contributed by atoms with E-state index in [9.17, 15) is 13.2 Å². The Morgan fingerprint density at radius 1 is 0.733 bits per heavy atom. The van der Waals surface area contributed by atoms with Crippen LogP contribution >= 0.6 is 22.9 Å². The first-order valence-electron chi connectivity index (χ1n) is 14.7. The molecule has 0 spiro atoms. The minimum Gasteiger partial charge on any atom is -0.493 e. The number of hydrogen-bond acceptors (Lipinski definition) is 6. The molecule has 5 rings (SSSR count). The molecule has 0 atom stereocenters. The topological polar surface area (TPSA) is 81.7 Å². The van der Waals surface area contributed by atoms with E-state index < -0.39 is 15.9 Å². The smallest absolute Gasteiger partial charge is 0.273 e. The molecule has 0 saturated carbocycles. The molecule has 1 aromatic heterocycles. The van der Waals surface area contributed by atoms with Gasteiger partial charge in [-0.15, -0.1) is 11.3 Å². The number of carbonyl (C=O) groups excluding carboxylic acids is 1. The number of sulfonamides is 1. The summed E-state index contributed by atoms with van der Waals surface area (Å²) in [5.41, 5.74) is 5.42. The molecule has 0 bridgehead atoms. The molecule has 0 aliphatic heterocycles. The summed E-state index contributed by atoms with van der Waals surface area (Å²) in [6.07, 6.45) is 3.07. The molecule has 0 saturated heterocycles. The lowest BCUT2D eigenvalue weighted by molar-refractivity contribution is -0.119. The quantitative estimate of drug-likeness (QED) is 0.115. The van der Waals surface area contributed by atoms with Crippen LogP contribution in [0, 0.1) is 0 Å². The summed E-state index contributed by atoms with van der Waals surface area (Å²) in [4.78, 5) is 12.4. The fourth-order valence-corrected chi connectivity index (χ4v) is 6.97. The minimum absolute atomic E-state index is 0.0542. The lowest BCUT2D eigenvalue weighted by Crippen LogP contribution is -2.30. The Kier molecular flexibility index (Phi) is 11.3. The molecule has 45 heavy (non-hydrogen) atoms. The van der Waals surface area contributed by atoms with E-state index in [-0.39, 0.29) is 10.6 Å². The van der Waals surface area contributed by atoms with Crippen LogP contribution in [0.15, 0.2) is 119 Å². The fourth-order valence-electron chi connectivity index (χ4n) is 4.84. The summed E-state index contributed by atoms with van der Waals surface area (Å²) < 4.78 is 38.9. The summed E-state index contributed by atoms with van der Waals surface area (Å²) in [5.74, 6) is 1.08. The first kappa shape index (κ1) is 32.3. The molecule has 1 heterocycles. The summed E-state index contributed by atoms with van der Waals surface area (Å²) in [7, 11) is -3.83. The van der Waals surface area contributed by atoms with Crippen molar-refractivity contribution in [2.75, 3.05) is 13.2 Å². The number of thiophene rings is 1. The highest BCUT2D eigenvalue weighted by Gasteiger charge is 2.18. The van der Waals surface area contributed by atoms with E-state index in [2.05, 4.69) is 29.0 Å². The van der Waals surface area contributed by atoms with E-state index in [1.54, 1.807) is 11.4 Å². The average molecular weight is 660 g/mol. The van der Waals surface area contributed by atoms with Crippen LogP contribution in [0.5, 0.6) is 11.5 Å². The Morgan fingerprint density at radius 2 is 1.47 bits per heavy atom. The maximum absolute atomic E-state index is 12.4. The molecule has 4 aromatic carbocycles. The van der Waals surface area contributed by atoms with Crippen LogP contribution in [0.25, 0.3) is 11.1 Å². The SMILES string of the molecule is O=C(CCc1ccccc1-c1ccc(OCCCOc2cccc(CCc3ccc(Cl)cc3)c2)cc1)NS(=O)(=O)c1cccs1. The number of hydrogen-bond donors (Lipinski definition) is 1. The van der Waals surface area contributed by atoms with Crippen molar-refractivity contribution in [3.63, 3.8) is 0 Å². The minimum atomic E-state index is -3.83. The zero-order chi connectivity index (χ0) is 31.5. The predicted octanol–water partition coefficient (Wildman–Crippen LogP) is 8.14. The van der Waals surface area contributed by atoms with Gasteiger partial charge >= 0.3 is 0 Å². The van der Waals surface area contributed by atoms with Gasteiger partial charge in [0.2, 0.25) is 5.91 Å². The second kappa shape index (κ2) is 15.8. The van der Waals surface area contributed by atoms with Gasteiger partial charge in [0.25, 0.3) is 10.0 Å². The molecule has 0 aliphatic carbocycles. The molecule has 6 nitrogen and oxygen atoms in total. The number of benzene rings is 4. The first-order chi connectivity index (χ1) is 21.9. The normalized spacial score (nSPS) is 11.2. The van der Waals surface area contributed by atoms with Crippen molar-refractivity contribution in [2.45, 2.75) is 36.3 Å². The van der Waals surface area contributed by atoms with Gasteiger partial charge in [0, 0.05) is 17.9 Å². The molecule has 232 valence electrons. The zero-order valence-corrected chi connectivity index (χ0v) is 27.0. The molecule has 0 aliphatic rings. The Bertz CT molecular complexity index is 1790. The van der Waals surface area contributed by atoms with Crippen molar-refractivity contribution in [2.24, 2.45) is 0 Å². The van der Waals surface area contributed by atoms with Crippen LogP contribution in [-0.2, 0) is 34.1 Å². The van der Waals surface area contributed by atoms with Crippen molar-refractivity contribution in [3.8, 4) is 22.6 Å². The van der Waals surface area contributed by atoms with Crippen molar-refractivity contribution >= 4 is 38.9 Å². The Labute approximate surface area is 273 Å². The van der Waals surface area contributed by atoms with E-state index in [1.807, 2.05) is 72.8 Å². The largest absolute Gasteiger partial charge is 0.493 e. The van der Waals surface area contributed by atoms with Gasteiger partial charge in [-0.2, -0.15) is 0 Å². The van der Waals surface area contributed by atoms with Gasteiger partial charge in [0.15, 0.2) is 0 Å².